The van der Waals surface area contributed by atoms with Gasteiger partial charge in [-0.1, -0.05) is 39.8 Å². The molecule has 0 aliphatic carbocycles. The highest BCUT2D eigenvalue weighted by Crippen LogP contribution is 2.34. The number of hydrogen-bond donors (Lipinski definition) is 1. The quantitative estimate of drug-likeness (QED) is 0.390. The summed E-state index contributed by atoms with van der Waals surface area (Å²) in [5.41, 5.74) is 4.58. The fourth-order valence-corrected chi connectivity index (χ4v) is 4.94. The number of likely N-dealkylation sites (N-methyl/N-ethyl adjacent to an activating group) is 2. The van der Waals surface area contributed by atoms with E-state index in [9.17, 15) is 18.0 Å². The molecule has 3 aromatic rings. The Morgan fingerprint density at radius 1 is 1.17 bits per heavy atom. The normalized spacial score (nSPS) is 16.2. The molecule has 1 aromatic carbocycles. The van der Waals surface area contributed by atoms with E-state index in [1.54, 1.807) is 6.33 Å². The molecule has 0 bridgehead atoms. The number of halogens is 3. The highest BCUT2D eigenvalue weighted by molar-refractivity contribution is 5.87. The number of carbonyl (C=O) groups excluding carboxylic acids is 1. The summed E-state index contributed by atoms with van der Waals surface area (Å²) in [4.78, 5) is 31.9. The topological polar surface area (TPSA) is 82.4 Å². The zero-order chi connectivity index (χ0) is 30.1. The lowest BCUT2D eigenvalue weighted by Gasteiger charge is -2.26. The van der Waals surface area contributed by atoms with Gasteiger partial charge in [-0.3, -0.25) is 9.69 Å². The molecule has 1 fully saturated rings. The summed E-state index contributed by atoms with van der Waals surface area (Å²) in [6.07, 6.45) is -2.59. The summed E-state index contributed by atoms with van der Waals surface area (Å²) in [6.45, 7) is 12.1. The maximum Gasteiger partial charge on any atom is 0.393 e. The number of anilines is 3. The van der Waals surface area contributed by atoms with Crippen LogP contribution in [0.4, 0.5) is 30.6 Å². The van der Waals surface area contributed by atoms with Gasteiger partial charge in [0, 0.05) is 46.0 Å². The number of aryl methyl sites for hydroxylation is 2. The molecule has 224 valence electrons. The molecule has 12 heteroatoms. The lowest BCUT2D eigenvalue weighted by atomic mass is 9.86. The Balaban J connectivity index is 1.48. The molecule has 0 spiro atoms. The van der Waals surface area contributed by atoms with Gasteiger partial charge < -0.3 is 19.7 Å². The van der Waals surface area contributed by atoms with Crippen LogP contribution in [0.1, 0.15) is 45.2 Å². The number of aromatic nitrogens is 4. The maximum absolute atomic E-state index is 13.1. The molecule has 1 saturated heterocycles. The maximum atomic E-state index is 13.1. The zero-order valence-electron chi connectivity index (χ0n) is 25.0. The van der Waals surface area contributed by atoms with Crippen molar-refractivity contribution in [3.8, 4) is 0 Å². The summed E-state index contributed by atoms with van der Waals surface area (Å²) in [6, 6.07) is 6.39. The number of hydrogen-bond acceptors (Lipinski definition) is 7. The molecule has 1 atom stereocenters. The number of nitrogens with zero attached hydrogens (tertiary/aromatic N) is 7. The third kappa shape index (κ3) is 7.09. The van der Waals surface area contributed by atoms with Gasteiger partial charge in [-0.2, -0.15) is 23.1 Å². The van der Waals surface area contributed by atoms with Gasteiger partial charge in [0.15, 0.2) is 11.5 Å². The fraction of sp³-hybridized carbons (Fsp3) is 0.586. The largest absolute Gasteiger partial charge is 0.393 e. The number of carbonyl (C=O) groups is 1. The second kappa shape index (κ2) is 11.8. The molecule has 1 aliphatic rings. The number of nitrogens with one attached hydrogen (secondary N) is 1. The van der Waals surface area contributed by atoms with Crippen molar-refractivity contribution >= 4 is 34.5 Å². The molecule has 41 heavy (non-hydrogen) atoms. The smallest absolute Gasteiger partial charge is 0.342 e. The van der Waals surface area contributed by atoms with E-state index in [4.69, 9.17) is 4.98 Å². The van der Waals surface area contributed by atoms with E-state index in [0.717, 1.165) is 16.8 Å². The van der Waals surface area contributed by atoms with Crippen LogP contribution in [0, 0.1) is 12.8 Å². The summed E-state index contributed by atoms with van der Waals surface area (Å²) < 4.78 is 41.0. The van der Waals surface area contributed by atoms with Crippen molar-refractivity contribution in [3.63, 3.8) is 0 Å². The fourth-order valence-electron chi connectivity index (χ4n) is 4.94. The van der Waals surface area contributed by atoms with Gasteiger partial charge in [0.05, 0.1) is 18.8 Å². The highest BCUT2D eigenvalue weighted by Gasteiger charge is 2.44. The molecule has 3 heterocycles. The Bertz CT molecular complexity index is 1380. The Morgan fingerprint density at radius 3 is 2.54 bits per heavy atom. The van der Waals surface area contributed by atoms with Gasteiger partial charge >= 0.3 is 6.18 Å². The predicted octanol–water partition coefficient (Wildman–Crippen LogP) is 4.88. The van der Waals surface area contributed by atoms with Crippen molar-refractivity contribution in [1.29, 1.82) is 0 Å². The van der Waals surface area contributed by atoms with Crippen LogP contribution in [-0.2, 0) is 17.3 Å². The van der Waals surface area contributed by atoms with Crippen LogP contribution in [0.2, 0.25) is 0 Å². The predicted molar refractivity (Wildman–Crippen MR) is 156 cm³/mol. The molecule has 1 aliphatic heterocycles. The number of imidazole rings is 1. The average molecular weight is 575 g/mol. The Labute approximate surface area is 239 Å². The molecule has 0 saturated carbocycles. The number of fused-ring (bicyclic) bond motifs is 1. The van der Waals surface area contributed by atoms with Crippen LogP contribution in [0.15, 0.2) is 24.5 Å². The van der Waals surface area contributed by atoms with Crippen LogP contribution >= 0.6 is 0 Å². The highest BCUT2D eigenvalue weighted by atomic mass is 19.4. The third-order valence-electron chi connectivity index (χ3n) is 7.82. The third-order valence-corrected chi connectivity index (χ3v) is 7.82. The Hall–Kier alpha value is -3.41. The minimum Gasteiger partial charge on any atom is -0.342 e. The number of amides is 1. The molecule has 2 aromatic heterocycles. The van der Waals surface area contributed by atoms with E-state index in [2.05, 4.69) is 61.2 Å². The monoisotopic (exact) mass is 574 g/mol. The van der Waals surface area contributed by atoms with Gasteiger partial charge in [0.25, 0.3) is 0 Å². The summed E-state index contributed by atoms with van der Waals surface area (Å²) in [7, 11) is 3.78. The summed E-state index contributed by atoms with van der Waals surface area (Å²) >= 11 is 0. The first kappa shape index (κ1) is 30.5. The first-order chi connectivity index (χ1) is 19.2. The van der Waals surface area contributed by atoms with Crippen LogP contribution in [0.25, 0.3) is 11.2 Å². The minimum atomic E-state index is -4.27. The second-order valence-electron chi connectivity index (χ2n) is 12.0. The number of alkyl halides is 3. The molecule has 1 N–H and O–H groups in total. The van der Waals surface area contributed by atoms with Crippen LogP contribution in [-0.4, -0.2) is 87.7 Å². The number of likely N-dealkylation sites (tertiary alicyclic amines) is 1. The zero-order valence-corrected chi connectivity index (χ0v) is 25.0. The van der Waals surface area contributed by atoms with E-state index in [1.165, 1.54) is 10.5 Å². The molecular weight excluding hydrogens is 533 g/mol. The van der Waals surface area contributed by atoms with E-state index < -0.39 is 12.1 Å². The average Bonchev–Trinajstić information content (AvgIpc) is 3.54. The van der Waals surface area contributed by atoms with Crippen LogP contribution < -0.4 is 10.2 Å². The van der Waals surface area contributed by atoms with Crippen LogP contribution in [0.5, 0.6) is 0 Å². The molecular formula is C29H41F3N8O. The number of rotatable bonds is 9. The molecule has 9 nitrogen and oxygen atoms in total. The van der Waals surface area contributed by atoms with Gasteiger partial charge in [0.1, 0.15) is 5.52 Å². The van der Waals surface area contributed by atoms with Gasteiger partial charge in [-0.05, 0) is 42.5 Å². The minimum absolute atomic E-state index is 0.00954. The number of benzene rings is 1. The van der Waals surface area contributed by atoms with Crippen molar-refractivity contribution in [2.75, 3.05) is 56.5 Å². The van der Waals surface area contributed by atoms with E-state index >= 15 is 0 Å². The summed E-state index contributed by atoms with van der Waals surface area (Å²) in [5.74, 6) is -0.583. The van der Waals surface area contributed by atoms with Gasteiger partial charge in [-0.15, -0.1) is 0 Å². The van der Waals surface area contributed by atoms with Crippen molar-refractivity contribution < 1.29 is 18.0 Å². The molecule has 1 unspecified atom stereocenters. The van der Waals surface area contributed by atoms with Gasteiger partial charge in [-0.25, -0.2) is 4.98 Å². The van der Waals surface area contributed by atoms with Crippen molar-refractivity contribution in [3.05, 3.63) is 35.7 Å². The van der Waals surface area contributed by atoms with E-state index in [1.807, 2.05) is 35.4 Å². The Morgan fingerprint density at radius 2 is 1.90 bits per heavy atom. The van der Waals surface area contributed by atoms with Crippen molar-refractivity contribution in [2.24, 2.45) is 13.0 Å². The van der Waals surface area contributed by atoms with E-state index in [-0.39, 0.29) is 37.4 Å². The lowest BCUT2D eigenvalue weighted by molar-refractivity contribution is -0.171. The summed E-state index contributed by atoms with van der Waals surface area (Å²) in [5, 5.41) is 3.52. The molecule has 1 amide bonds. The van der Waals surface area contributed by atoms with Crippen molar-refractivity contribution in [1.82, 2.24) is 29.3 Å². The SMILES string of the molecule is CCN(CCN(C)c1nc(Nc2cc(C(C)(C)C)ccc2C)c2c(ncn2C)n1)CC(=O)N1CCC(C(F)(F)F)C1. The van der Waals surface area contributed by atoms with Gasteiger partial charge in [0.2, 0.25) is 11.9 Å². The first-order valence-corrected chi connectivity index (χ1v) is 14.0. The van der Waals surface area contributed by atoms with Crippen LogP contribution in [0.3, 0.4) is 0 Å². The molecule has 4 rings (SSSR count). The van der Waals surface area contributed by atoms with Crippen molar-refractivity contribution in [2.45, 2.75) is 52.6 Å². The standard InChI is InChI=1S/C29H41F3N8O/c1-8-39(17-23(41)40-12-11-21(16-40)29(30,31)32)14-13-37(6)27-35-25-24(38(7)18-33-25)26(36-27)34-22-15-20(28(3,4)5)10-9-19(22)2/h9-10,15,18,21H,8,11-14,16-17H2,1-7H3,(H,34,35,36). The second-order valence-corrected chi connectivity index (χ2v) is 12.0. The lowest BCUT2D eigenvalue weighted by Crippen LogP contribution is -2.42. The van der Waals surface area contributed by atoms with E-state index in [0.29, 0.717) is 37.0 Å². The Kier molecular flexibility index (Phi) is 8.81. The molecule has 0 radical (unpaired) electrons. The first-order valence-electron chi connectivity index (χ1n) is 14.0.